The van der Waals surface area contributed by atoms with Crippen LogP contribution in [0.3, 0.4) is 0 Å². The van der Waals surface area contributed by atoms with Crippen LogP contribution < -0.4 is 10.3 Å². The first-order valence-corrected chi connectivity index (χ1v) is 11.1. The molecule has 0 amide bonds. The lowest BCUT2D eigenvalue weighted by atomic mass is 10.0. The second-order valence-electron chi connectivity index (χ2n) is 7.49. The van der Waals surface area contributed by atoms with Crippen LogP contribution in [0.2, 0.25) is 0 Å². The Kier molecular flexibility index (Phi) is 6.35. The van der Waals surface area contributed by atoms with Crippen LogP contribution >= 0.6 is 11.3 Å². The number of aromatic nitrogens is 2. The number of fused-ring (bicyclic) bond motifs is 1. The summed E-state index contributed by atoms with van der Waals surface area (Å²) in [6, 6.07) is 15.4. The van der Waals surface area contributed by atoms with Gasteiger partial charge in [-0.3, -0.25) is 9.36 Å². The summed E-state index contributed by atoms with van der Waals surface area (Å²) in [6.45, 7) is 2.79. The molecule has 2 aromatic carbocycles. The molecule has 0 fully saturated rings. The van der Waals surface area contributed by atoms with Gasteiger partial charge in [-0.1, -0.05) is 18.2 Å². The van der Waals surface area contributed by atoms with Crippen molar-refractivity contribution < 1.29 is 9.47 Å². The Morgan fingerprint density at radius 3 is 2.75 bits per heavy atom. The maximum absolute atomic E-state index is 13.7. The number of aryl methyl sites for hydroxylation is 1. The molecule has 0 saturated heterocycles. The molecule has 7 heteroatoms. The fourth-order valence-corrected chi connectivity index (χ4v) is 4.75. The smallest absolute Gasteiger partial charge is 0.263 e. The van der Waals surface area contributed by atoms with Crippen molar-refractivity contribution in [2.75, 3.05) is 20.8 Å². The third-order valence-corrected chi connectivity index (χ3v) is 6.28. The molecule has 2 heterocycles. The highest BCUT2D eigenvalue weighted by Crippen LogP contribution is 2.33. The molecule has 0 N–H and O–H groups in total. The first-order valence-electron chi connectivity index (χ1n) is 10.2. The molecule has 6 nitrogen and oxygen atoms in total. The molecule has 0 aliphatic heterocycles. The van der Waals surface area contributed by atoms with E-state index in [-0.39, 0.29) is 5.56 Å². The minimum Gasteiger partial charge on any atom is -0.496 e. The van der Waals surface area contributed by atoms with Crippen molar-refractivity contribution in [1.29, 1.82) is 5.26 Å². The Morgan fingerprint density at radius 1 is 1.19 bits per heavy atom. The zero-order chi connectivity index (χ0) is 22.7. The van der Waals surface area contributed by atoms with Gasteiger partial charge < -0.3 is 9.47 Å². The zero-order valence-corrected chi connectivity index (χ0v) is 19.0. The minimum atomic E-state index is -0.0896. The Hall–Kier alpha value is -3.47. The molecule has 4 aromatic rings. The van der Waals surface area contributed by atoms with Gasteiger partial charge in [0.1, 0.15) is 16.4 Å². The largest absolute Gasteiger partial charge is 0.496 e. The molecular weight excluding hydrogens is 422 g/mol. The van der Waals surface area contributed by atoms with Crippen LogP contribution in [0.1, 0.15) is 22.5 Å². The van der Waals surface area contributed by atoms with E-state index in [1.54, 1.807) is 30.9 Å². The fourth-order valence-electron chi connectivity index (χ4n) is 3.79. The lowest BCUT2D eigenvalue weighted by Gasteiger charge is -2.13. The molecule has 0 unspecified atom stereocenters. The van der Waals surface area contributed by atoms with E-state index in [1.807, 2.05) is 42.6 Å². The van der Waals surface area contributed by atoms with E-state index in [2.05, 4.69) is 6.07 Å². The highest BCUT2D eigenvalue weighted by Gasteiger charge is 2.18. The third-order valence-electron chi connectivity index (χ3n) is 5.41. The van der Waals surface area contributed by atoms with Gasteiger partial charge in [-0.25, -0.2) is 4.98 Å². The van der Waals surface area contributed by atoms with Crippen LogP contribution in [0.15, 0.2) is 52.6 Å². The monoisotopic (exact) mass is 445 g/mol. The molecule has 0 bridgehead atoms. The fraction of sp³-hybridized carbons (Fsp3) is 0.240. The van der Waals surface area contributed by atoms with E-state index < -0.39 is 0 Å². The number of methoxy groups -OCH3 is 2. The van der Waals surface area contributed by atoms with Gasteiger partial charge in [-0.05, 0) is 47.9 Å². The number of rotatable bonds is 7. The molecule has 0 spiro atoms. The average Bonchev–Trinajstić information content (AvgIpc) is 3.24. The SMILES string of the molecule is COCCc1nc2scc(-c3ccc(OC)c(C)c3)c2c(=O)n1Cc1cccc(C#N)c1. The maximum Gasteiger partial charge on any atom is 0.263 e. The molecular formula is C25H23N3O3S. The molecule has 4 rings (SSSR count). The van der Waals surface area contributed by atoms with Crippen molar-refractivity contribution in [2.45, 2.75) is 19.9 Å². The maximum atomic E-state index is 13.7. The first-order chi connectivity index (χ1) is 15.5. The molecule has 0 atom stereocenters. The number of ether oxygens (including phenoxy) is 2. The Labute approximate surface area is 190 Å². The Morgan fingerprint density at radius 2 is 2.03 bits per heavy atom. The topological polar surface area (TPSA) is 77.1 Å². The van der Waals surface area contributed by atoms with Crippen molar-refractivity contribution in [2.24, 2.45) is 0 Å². The van der Waals surface area contributed by atoms with Crippen LogP contribution in [0.25, 0.3) is 21.3 Å². The van der Waals surface area contributed by atoms with E-state index in [1.165, 1.54) is 11.3 Å². The molecule has 0 aliphatic rings. The summed E-state index contributed by atoms with van der Waals surface area (Å²) >= 11 is 1.47. The number of hydrogen-bond donors (Lipinski definition) is 0. The van der Waals surface area contributed by atoms with E-state index in [4.69, 9.17) is 14.5 Å². The van der Waals surface area contributed by atoms with Gasteiger partial charge in [0, 0.05) is 24.5 Å². The number of nitriles is 1. The van der Waals surface area contributed by atoms with E-state index in [0.29, 0.717) is 41.2 Å². The van der Waals surface area contributed by atoms with Gasteiger partial charge >= 0.3 is 0 Å². The standard InChI is InChI=1S/C25H23N3O3S/c1-16-11-19(7-8-21(16)31-3)20-15-32-24-23(20)25(29)28(22(27-24)9-10-30-2)14-18-6-4-5-17(12-18)13-26/h4-8,11-12,15H,9-10,14H2,1-3H3. The second-order valence-corrected chi connectivity index (χ2v) is 8.35. The van der Waals surface area contributed by atoms with Gasteiger partial charge in [-0.15, -0.1) is 11.3 Å². The van der Waals surface area contributed by atoms with Gasteiger partial charge in [0.15, 0.2) is 0 Å². The van der Waals surface area contributed by atoms with Crippen molar-refractivity contribution >= 4 is 21.6 Å². The predicted molar refractivity (Wildman–Crippen MR) is 126 cm³/mol. The summed E-state index contributed by atoms with van der Waals surface area (Å²) in [5, 5.41) is 11.8. The number of benzene rings is 2. The summed E-state index contributed by atoms with van der Waals surface area (Å²) in [6.07, 6.45) is 0.522. The summed E-state index contributed by atoms with van der Waals surface area (Å²) in [5.74, 6) is 1.48. The highest BCUT2D eigenvalue weighted by atomic mass is 32.1. The minimum absolute atomic E-state index is 0.0896. The summed E-state index contributed by atoms with van der Waals surface area (Å²) in [4.78, 5) is 19.3. The van der Waals surface area contributed by atoms with E-state index >= 15 is 0 Å². The summed E-state index contributed by atoms with van der Waals surface area (Å²) < 4.78 is 12.3. The molecule has 0 aliphatic carbocycles. The van der Waals surface area contributed by atoms with Crippen LogP contribution in [0.5, 0.6) is 5.75 Å². The van der Waals surface area contributed by atoms with Crippen LogP contribution in [0.4, 0.5) is 0 Å². The van der Waals surface area contributed by atoms with Crippen LogP contribution in [0, 0.1) is 18.3 Å². The van der Waals surface area contributed by atoms with E-state index in [0.717, 1.165) is 28.0 Å². The molecule has 162 valence electrons. The molecule has 0 saturated carbocycles. The predicted octanol–water partition coefficient (Wildman–Crippen LogP) is 4.55. The summed E-state index contributed by atoms with van der Waals surface area (Å²) in [5.41, 5.74) is 4.18. The van der Waals surface area contributed by atoms with Crippen molar-refractivity contribution in [1.82, 2.24) is 9.55 Å². The van der Waals surface area contributed by atoms with Gasteiger partial charge in [-0.2, -0.15) is 5.26 Å². The number of thiophene rings is 1. The van der Waals surface area contributed by atoms with Crippen molar-refractivity contribution in [3.63, 3.8) is 0 Å². The van der Waals surface area contributed by atoms with Crippen molar-refractivity contribution in [3.8, 4) is 22.9 Å². The quantitative estimate of drug-likeness (QED) is 0.417. The Bertz CT molecular complexity index is 1380. The second kappa shape index (κ2) is 9.35. The first kappa shape index (κ1) is 21.8. The van der Waals surface area contributed by atoms with E-state index in [9.17, 15) is 10.1 Å². The lowest BCUT2D eigenvalue weighted by Crippen LogP contribution is -2.26. The Balaban J connectivity index is 1.88. The van der Waals surface area contributed by atoms with Gasteiger partial charge in [0.2, 0.25) is 0 Å². The number of nitrogens with zero attached hydrogens (tertiary/aromatic N) is 3. The number of hydrogen-bond acceptors (Lipinski definition) is 6. The van der Waals surface area contributed by atoms with Gasteiger partial charge in [0.25, 0.3) is 5.56 Å². The van der Waals surface area contributed by atoms with Gasteiger partial charge in [0.05, 0.1) is 37.3 Å². The normalized spacial score (nSPS) is 10.9. The molecule has 2 aromatic heterocycles. The zero-order valence-electron chi connectivity index (χ0n) is 18.2. The average molecular weight is 446 g/mol. The molecule has 0 radical (unpaired) electrons. The third kappa shape index (κ3) is 4.15. The summed E-state index contributed by atoms with van der Waals surface area (Å²) in [7, 11) is 3.28. The lowest BCUT2D eigenvalue weighted by molar-refractivity contribution is 0.199. The van der Waals surface area contributed by atoms with Crippen LogP contribution in [-0.2, 0) is 17.7 Å². The van der Waals surface area contributed by atoms with Crippen LogP contribution in [-0.4, -0.2) is 30.4 Å². The molecule has 32 heavy (non-hydrogen) atoms. The highest BCUT2D eigenvalue weighted by molar-refractivity contribution is 7.17. The van der Waals surface area contributed by atoms with Crippen molar-refractivity contribution in [3.05, 3.63) is 80.7 Å².